The van der Waals surface area contributed by atoms with Gasteiger partial charge in [0.25, 0.3) is 0 Å². The molecule has 0 aliphatic carbocycles. The lowest BCUT2D eigenvalue weighted by molar-refractivity contribution is 0.492. The van der Waals surface area contributed by atoms with E-state index in [1.54, 1.807) is 6.33 Å². The molecule has 1 N–H and O–H groups in total. The Morgan fingerprint density at radius 3 is 2.74 bits per heavy atom. The molecule has 1 saturated heterocycles. The number of aryl methyl sites for hydroxylation is 2. The Hall–Kier alpha value is -1.91. The molecule has 1 aliphatic heterocycles. The third-order valence-corrected chi connectivity index (χ3v) is 4.86. The zero-order valence-corrected chi connectivity index (χ0v) is 14.3. The summed E-state index contributed by atoms with van der Waals surface area (Å²) in [6, 6.07) is 0. The summed E-state index contributed by atoms with van der Waals surface area (Å²) < 4.78 is 0. The molecule has 1 fully saturated rings. The van der Waals surface area contributed by atoms with Crippen LogP contribution < -0.4 is 4.90 Å². The van der Waals surface area contributed by atoms with Gasteiger partial charge in [-0.2, -0.15) is 0 Å². The monoisotopic (exact) mass is 313 g/mol. The van der Waals surface area contributed by atoms with E-state index < -0.39 is 0 Å². The van der Waals surface area contributed by atoms with Gasteiger partial charge < -0.3 is 9.88 Å². The minimum atomic E-state index is 0.572. The summed E-state index contributed by atoms with van der Waals surface area (Å²) in [6.45, 7) is 6.46. The first-order valence-corrected chi connectivity index (χ1v) is 8.83. The molecule has 124 valence electrons. The second-order valence-corrected chi connectivity index (χ2v) is 6.50. The van der Waals surface area contributed by atoms with Crippen LogP contribution in [-0.4, -0.2) is 33.0 Å². The maximum Gasteiger partial charge on any atom is 0.135 e. The average Bonchev–Trinajstić information content (AvgIpc) is 3.02. The van der Waals surface area contributed by atoms with Crippen molar-refractivity contribution in [3.05, 3.63) is 35.8 Å². The van der Waals surface area contributed by atoms with E-state index in [-0.39, 0.29) is 0 Å². The number of aromatic amines is 1. The molecule has 0 radical (unpaired) electrons. The van der Waals surface area contributed by atoms with E-state index in [9.17, 15) is 0 Å². The zero-order valence-electron chi connectivity index (χ0n) is 14.3. The van der Waals surface area contributed by atoms with Crippen molar-refractivity contribution in [2.24, 2.45) is 0 Å². The molecule has 5 nitrogen and oxygen atoms in total. The lowest BCUT2D eigenvalue weighted by atomic mass is 9.92. The van der Waals surface area contributed by atoms with Crippen LogP contribution in [0.25, 0.3) is 0 Å². The van der Waals surface area contributed by atoms with E-state index in [0.717, 1.165) is 38.2 Å². The molecule has 2 aromatic heterocycles. The minimum Gasteiger partial charge on any atom is -0.356 e. The normalized spacial score (nSPS) is 16.0. The lowest BCUT2D eigenvalue weighted by Gasteiger charge is -2.33. The van der Waals surface area contributed by atoms with Crippen LogP contribution in [0.4, 0.5) is 5.82 Å². The Morgan fingerprint density at radius 2 is 2.04 bits per heavy atom. The standard InChI is InChI=1S/C18H27N5/c1-3-4-5-6-16-11-19-12-22-18(16)23-9-7-15(8-10-23)17-14(2)20-13-21-17/h11-13,15H,3-10H2,1-2H3,(H,20,21). The average molecular weight is 313 g/mol. The lowest BCUT2D eigenvalue weighted by Crippen LogP contribution is -2.34. The number of H-pyrrole nitrogens is 1. The van der Waals surface area contributed by atoms with E-state index in [1.165, 1.54) is 36.2 Å². The van der Waals surface area contributed by atoms with Crippen LogP contribution in [0, 0.1) is 6.92 Å². The van der Waals surface area contributed by atoms with E-state index in [2.05, 4.69) is 38.7 Å². The highest BCUT2D eigenvalue weighted by Crippen LogP contribution is 2.31. The quantitative estimate of drug-likeness (QED) is 0.827. The molecule has 5 heteroatoms. The van der Waals surface area contributed by atoms with Gasteiger partial charge in [0.05, 0.1) is 12.0 Å². The molecule has 2 aromatic rings. The Morgan fingerprint density at radius 1 is 1.22 bits per heavy atom. The summed E-state index contributed by atoms with van der Waals surface area (Å²) in [5, 5.41) is 0. The SMILES string of the molecule is CCCCCc1cncnc1N1CCC(c2nc[nH]c2C)CC1. The molecule has 0 spiro atoms. The highest BCUT2D eigenvalue weighted by Gasteiger charge is 2.25. The van der Waals surface area contributed by atoms with Crippen molar-refractivity contribution >= 4 is 5.82 Å². The van der Waals surface area contributed by atoms with Crippen molar-refractivity contribution in [1.29, 1.82) is 0 Å². The first-order valence-electron chi connectivity index (χ1n) is 8.83. The predicted molar refractivity (Wildman–Crippen MR) is 92.8 cm³/mol. The molecule has 1 aliphatic rings. The molecule has 0 amide bonds. The number of unbranched alkanes of at least 4 members (excludes halogenated alkanes) is 2. The largest absolute Gasteiger partial charge is 0.356 e. The van der Waals surface area contributed by atoms with Gasteiger partial charge in [-0.25, -0.2) is 15.0 Å². The Balaban J connectivity index is 1.64. The number of nitrogens with one attached hydrogen (secondary N) is 1. The fourth-order valence-corrected chi connectivity index (χ4v) is 3.52. The van der Waals surface area contributed by atoms with Gasteiger partial charge in [-0.3, -0.25) is 0 Å². The maximum atomic E-state index is 4.58. The minimum absolute atomic E-state index is 0.572. The molecule has 0 bridgehead atoms. The summed E-state index contributed by atoms with van der Waals surface area (Å²) in [5.74, 6) is 1.72. The number of aromatic nitrogens is 4. The van der Waals surface area contributed by atoms with E-state index in [1.807, 2.05) is 12.5 Å². The Bertz CT molecular complexity index is 613. The van der Waals surface area contributed by atoms with Gasteiger partial charge in [-0.05, 0) is 32.6 Å². The van der Waals surface area contributed by atoms with Gasteiger partial charge in [0.2, 0.25) is 0 Å². The molecule has 23 heavy (non-hydrogen) atoms. The van der Waals surface area contributed by atoms with Crippen molar-refractivity contribution in [2.75, 3.05) is 18.0 Å². The molecular weight excluding hydrogens is 286 g/mol. The van der Waals surface area contributed by atoms with Crippen LogP contribution in [0.15, 0.2) is 18.9 Å². The summed E-state index contributed by atoms with van der Waals surface area (Å²) in [5.41, 5.74) is 3.76. The number of nitrogens with zero attached hydrogens (tertiary/aromatic N) is 4. The van der Waals surface area contributed by atoms with Crippen molar-refractivity contribution < 1.29 is 0 Å². The number of piperidine rings is 1. The van der Waals surface area contributed by atoms with Crippen LogP contribution in [0.3, 0.4) is 0 Å². The molecule has 0 saturated carbocycles. The van der Waals surface area contributed by atoms with Crippen molar-refractivity contribution in [3.63, 3.8) is 0 Å². The zero-order chi connectivity index (χ0) is 16.1. The third kappa shape index (κ3) is 3.71. The van der Waals surface area contributed by atoms with Crippen LogP contribution in [0.5, 0.6) is 0 Å². The maximum absolute atomic E-state index is 4.58. The van der Waals surface area contributed by atoms with Gasteiger partial charge in [0.15, 0.2) is 0 Å². The number of hydrogen-bond acceptors (Lipinski definition) is 4. The Labute approximate surface area is 138 Å². The topological polar surface area (TPSA) is 57.7 Å². The summed E-state index contributed by atoms with van der Waals surface area (Å²) in [4.78, 5) is 19.0. The number of hydrogen-bond donors (Lipinski definition) is 1. The van der Waals surface area contributed by atoms with E-state index >= 15 is 0 Å². The second-order valence-electron chi connectivity index (χ2n) is 6.50. The first kappa shape index (κ1) is 16.0. The van der Waals surface area contributed by atoms with Gasteiger partial charge in [0.1, 0.15) is 12.1 Å². The molecule has 0 atom stereocenters. The van der Waals surface area contributed by atoms with E-state index in [0.29, 0.717) is 5.92 Å². The van der Waals surface area contributed by atoms with Crippen LogP contribution in [0.1, 0.15) is 61.9 Å². The van der Waals surface area contributed by atoms with Gasteiger partial charge >= 0.3 is 0 Å². The van der Waals surface area contributed by atoms with Crippen LogP contribution in [-0.2, 0) is 6.42 Å². The molecule has 0 unspecified atom stereocenters. The van der Waals surface area contributed by atoms with Crippen molar-refractivity contribution in [2.45, 2.75) is 58.3 Å². The smallest absolute Gasteiger partial charge is 0.135 e. The second kappa shape index (κ2) is 7.57. The highest BCUT2D eigenvalue weighted by molar-refractivity contribution is 5.46. The molecule has 3 rings (SSSR count). The van der Waals surface area contributed by atoms with Gasteiger partial charge in [-0.15, -0.1) is 0 Å². The number of rotatable bonds is 6. The molecular formula is C18H27N5. The number of anilines is 1. The van der Waals surface area contributed by atoms with Crippen molar-refractivity contribution in [1.82, 2.24) is 19.9 Å². The van der Waals surface area contributed by atoms with Crippen molar-refractivity contribution in [3.8, 4) is 0 Å². The summed E-state index contributed by atoms with van der Waals surface area (Å²) in [7, 11) is 0. The van der Waals surface area contributed by atoms with Gasteiger partial charge in [0, 0.05) is 36.5 Å². The summed E-state index contributed by atoms with van der Waals surface area (Å²) >= 11 is 0. The Kier molecular flexibility index (Phi) is 5.26. The fraction of sp³-hybridized carbons (Fsp3) is 0.611. The van der Waals surface area contributed by atoms with Gasteiger partial charge in [-0.1, -0.05) is 19.8 Å². The predicted octanol–water partition coefficient (Wildman–Crippen LogP) is 3.62. The van der Waals surface area contributed by atoms with Crippen LogP contribution in [0.2, 0.25) is 0 Å². The first-order chi connectivity index (χ1) is 11.3. The van der Waals surface area contributed by atoms with E-state index in [4.69, 9.17) is 0 Å². The highest BCUT2D eigenvalue weighted by atomic mass is 15.2. The fourth-order valence-electron chi connectivity index (χ4n) is 3.52. The summed E-state index contributed by atoms with van der Waals surface area (Å²) in [6.07, 6.45) is 12.6. The number of imidazole rings is 1. The molecule has 3 heterocycles. The van der Waals surface area contributed by atoms with Crippen LogP contribution >= 0.6 is 0 Å². The molecule has 0 aromatic carbocycles. The third-order valence-electron chi connectivity index (χ3n) is 4.86.